The molecule has 0 heterocycles. The maximum atomic E-state index is 11.6. The van der Waals surface area contributed by atoms with Crippen molar-refractivity contribution in [1.82, 2.24) is 5.32 Å². The Morgan fingerprint density at radius 1 is 1.33 bits per heavy atom. The second kappa shape index (κ2) is 10.5. The highest BCUT2D eigenvalue weighted by Crippen LogP contribution is 2.20. The van der Waals surface area contributed by atoms with Crippen LogP contribution in [0.5, 0.6) is 5.75 Å². The second-order valence-electron chi connectivity index (χ2n) is 4.84. The van der Waals surface area contributed by atoms with Gasteiger partial charge in [0.05, 0.1) is 13.0 Å². The molecule has 0 unspecified atom stereocenters. The summed E-state index contributed by atoms with van der Waals surface area (Å²) < 4.78 is 5.65. The second-order valence-corrected chi connectivity index (χ2v) is 6.06. The van der Waals surface area contributed by atoms with E-state index >= 15 is 0 Å². The number of aliphatic hydroxyl groups is 1. The van der Waals surface area contributed by atoms with Crippen LogP contribution in [0, 0.1) is 13.8 Å². The van der Waals surface area contributed by atoms with Crippen molar-refractivity contribution in [3.8, 4) is 5.75 Å². The molecule has 0 radical (unpaired) electrons. The number of ether oxygens (including phenoxy) is 1. The van der Waals surface area contributed by atoms with Crippen molar-refractivity contribution in [1.29, 1.82) is 0 Å². The van der Waals surface area contributed by atoms with Crippen LogP contribution in [0.3, 0.4) is 0 Å². The molecule has 1 aromatic rings. The molecule has 1 rings (SSSR count). The normalized spacial score (nSPS) is 10.4. The van der Waals surface area contributed by atoms with Crippen LogP contribution >= 0.6 is 11.8 Å². The monoisotopic (exact) mass is 311 g/mol. The number of benzene rings is 1. The predicted octanol–water partition coefficient (Wildman–Crippen LogP) is 2.30. The Morgan fingerprint density at radius 2 is 2.14 bits per heavy atom. The number of nitrogens with one attached hydrogen (secondary N) is 1. The summed E-state index contributed by atoms with van der Waals surface area (Å²) in [5, 5.41) is 11.5. The van der Waals surface area contributed by atoms with Gasteiger partial charge in [-0.1, -0.05) is 12.1 Å². The topological polar surface area (TPSA) is 58.6 Å². The number of hydrogen-bond acceptors (Lipinski definition) is 4. The van der Waals surface area contributed by atoms with Crippen molar-refractivity contribution in [2.75, 3.05) is 31.3 Å². The summed E-state index contributed by atoms with van der Waals surface area (Å²) in [6, 6.07) is 5.93. The molecule has 0 aliphatic rings. The Kier molecular flexibility index (Phi) is 8.94. The lowest BCUT2D eigenvalue weighted by molar-refractivity contribution is -0.121. The third kappa shape index (κ3) is 7.39. The zero-order chi connectivity index (χ0) is 15.5. The van der Waals surface area contributed by atoms with Gasteiger partial charge in [-0.15, -0.1) is 0 Å². The number of carbonyl (C=O) groups excluding carboxylic acids is 1. The van der Waals surface area contributed by atoms with Crippen molar-refractivity contribution < 1.29 is 14.6 Å². The third-order valence-electron chi connectivity index (χ3n) is 3.16. The van der Waals surface area contributed by atoms with E-state index in [0.717, 1.165) is 29.2 Å². The van der Waals surface area contributed by atoms with Crippen LogP contribution in [0.15, 0.2) is 18.2 Å². The molecular formula is C16H25NO3S. The highest BCUT2D eigenvalue weighted by molar-refractivity contribution is 7.99. The van der Waals surface area contributed by atoms with Crippen molar-refractivity contribution in [2.24, 2.45) is 0 Å². The number of carbonyl (C=O) groups is 1. The molecule has 1 amide bonds. The minimum Gasteiger partial charge on any atom is -0.493 e. The summed E-state index contributed by atoms with van der Waals surface area (Å²) in [4.78, 5) is 11.6. The van der Waals surface area contributed by atoms with E-state index in [0.29, 0.717) is 19.6 Å². The first-order valence-corrected chi connectivity index (χ1v) is 8.45. The number of aliphatic hydroxyl groups excluding tert-OH is 1. The highest BCUT2D eigenvalue weighted by atomic mass is 32.2. The molecule has 4 nitrogen and oxygen atoms in total. The molecule has 21 heavy (non-hydrogen) atoms. The quantitative estimate of drug-likeness (QED) is 0.651. The van der Waals surface area contributed by atoms with Gasteiger partial charge in [0, 0.05) is 18.9 Å². The number of thioether (sulfide) groups is 1. The van der Waals surface area contributed by atoms with E-state index in [1.807, 2.05) is 32.0 Å². The molecule has 0 fully saturated rings. The molecule has 0 saturated carbocycles. The molecule has 1 aromatic carbocycles. The minimum absolute atomic E-state index is 0.0167. The average Bonchev–Trinajstić information content (AvgIpc) is 2.47. The van der Waals surface area contributed by atoms with Gasteiger partial charge < -0.3 is 15.2 Å². The maximum absolute atomic E-state index is 11.6. The van der Waals surface area contributed by atoms with Crippen LogP contribution in [-0.4, -0.2) is 42.3 Å². The van der Waals surface area contributed by atoms with Crippen LogP contribution in [0.1, 0.15) is 24.0 Å². The third-order valence-corrected chi connectivity index (χ3v) is 4.23. The molecule has 0 saturated heterocycles. The van der Waals surface area contributed by atoms with Gasteiger partial charge in [0.1, 0.15) is 5.75 Å². The van der Waals surface area contributed by atoms with Crippen molar-refractivity contribution in [2.45, 2.75) is 26.7 Å². The van der Waals surface area contributed by atoms with Gasteiger partial charge in [-0.3, -0.25) is 4.79 Å². The van der Waals surface area contributed by atoms with Crippen LogP contribution in [0.25, 0.3) is 0 Å². The van der Waals surface area contributed by atoms with Gasteiger partial charge in [-0.2, -0.15) is 11.8 Å². The smallest absolute Gasteiger partial charge is 0.223 e. The lowest BCUT2D eigenvalue weighted by Gasteiger charge is -2.11. The fourth-order valence-corrected chi connectivity index (χ4v) is 2.54. The van der Waals surface area contributed by atoms with Gasteiger partial charge in [0.2, 0.25) is 5.91 Å². The number of rotatable bonds is 10. The first-order valence-electron chi connectivity index (χ1n) is 7.29. The number of amides is 1. The van der Waals surface area contributed by atoms with Gasteiger partial charge in [0.25, 0.3) is 0 Å². The SMILES string of the molecule is Cc1cccc(OCCC(=O)NCCSCCCO)c1C. The molecule has 118 valence electrons. The van der Waals surface area contributed by atoms with Crippen molar-refractivity contribution in [3.63, 3.8) is 0 Å². The van der Waals surface area contributed by atoms with Gasteiger partial charge >= 0.3 is 0 Å². The predicted molar refractivity (Wildman–Crippen MR) is 88.1 cm³/mol. The summed E-state index contributed by atoms with van der Waals surface area (Å²) in [5.74, 6) is 2.68. The molecular weight excluding hydrogens is 286 g/mol. The van der Waals surface area contributed by atoms with Crippen LogP contribution < -0.4 is 10.1 Å². The maximum Gasteiger partial charge on any atom is 0.223 e. The molecule has 2 N–H and O–H groups in total. The van der Waals surface area contributed by atoms with Gasteiger partial charge in [-0.25, -0.2) is 0 Å². The summed E-state index contributed by atoms with van der Waals surface area (Å²) in [5.41, 5.74) is 2.31. The van der Waals surface area contributed by atoms with Crippen molar-refractivity contribution in [3.05, 3.63) is 29.3 Å². The Hall–Kier alpha value is -1.20. The van der Waals surface area contributed by atoms with E-state index in [2.05, 4.69) is 5.32 Å². The molecule has 0 atom stereocenters. The van der Waals surface area contributed by atoms with Crippen LogP contribution in [0.2, 0.25) is 0 Å². The lowest BCUT2D eigenvalue weighted by atomic mass is 10.1. The largest absolute Gasteiger partial charge is 0.493 e. The van der Waals surface area contributed by atoms with Crippen LogP contribution in [-0.2, 0) is 4.79 Å². The summed E-state index contributed by atoms with van der Waals surface area (Å²) in [6.07, 6.45) is 1.18. The molecule has 5 heteroatoms. The summed E-state index contributed by atoms with van der Waals surface area (Å²) in [7, 11) is 0. The molecule has 0 aliphatic heterocycles. The minimum atomic E-state index is 0.0167. The standard InChI is InChI=1S/C16H25NO3S/c1-13-5-3-6-15(14(13)2)20-10-7-16(19)17-8-12-21-11-4-9-18/h3,5-6,18H,4,7-12H2,1-2H3,(H,17,19). The van der Waals surface area contributed by atoms with Gasteiger partial charge in [-0.05, 0) is 43.2 Å². The molecule has 0 spiro atoms. The zero-order valence-electron chi connectivity index (χ0n) is 12.9. The van der Waals surface area contributed by atoms with Gasteiger partial charge in [0.15, 0.2) is 0 Å². The van der Waals surface area contributed by atoms with E-state index in [4.69, 9.17) is 9.84 Å². The molecule has 0 bridgehead atoms. The Labute approximate surface area is 131 Å². The first-order chi connectivity index (χ1) is 10.1. The fourth-order valence-electron chi connectivity index (χ4n) is 1.75. The average molecular weight is 311 g/mol. The van der Waals surface area contributed by atoms with E-state index < -0.39 is 0 Å². The van der Waals surface area contributed by atoms with E-state index in [1.54, 1.807) is 11.8 Å². The van der Waals surface area contributed by atoms with E-state index in [1.165, 1.54) is 5.56 Å². The number of hydrogen-bond donors (Lipinski definition) is 2. The fraction of sp³-hybridized carbons (Fsp3) is 0.562. The Morgan fingerprint density at radius 3 is 2.90 bits per heavy atom. The molecule has 0 aliphatic carbocycles. The lowest BCUT2D eigenvalue weighted by Crippen LogP contribution is -2.27. The zero-order valence-corrected chi connectivity index (χ0v) is 13.7. The Bertz CT molecular complexity index is 438. The highest BCUT2D eigenvalue weighted by Gasteiger charge is 2.04. The first kappa shape index (κ1) is 17.9. The van der Waals surface area contributed by atoms with E-state index in [9.17, 15) is 4.79 Å². The van der Waals surface area contributed by atoms with Crippen LogP contribution in [0.4, 0.5) is 0 Å². The number of aryl methyl sites for hydroxylation is 1. The summed E-state index contributed by atoms with van der Waals surface area (Å²) in [6.45, 7) is 5.36. The van der Waals surface area contributed by atoms with E-state index in [-0.39, 0.29) is 12.5 Å². The summed E-state index contributed by atoms with van der Waals surface area (Å²) >= 11 is 1.74. The Balaban J connectivity index is 2.12. The molecule has 0 aromatic heterocycles. The van der Waals surface area contributed by atoms with Crippen molar-refractivity contribution >= 4 is 17.7 Å².